The number of aryl methyl sites for hydroxylation is 1. The molecule has 0 amide bonds. The fourth-order valence-corrected chi connectivity index (χ4v) is 1.31. The minimum absolute atomic E-state index is 0.0499. The summed E-state index contributed by atoms with van der Waals surface area (Å²) in [6, 6.07) is 0. The first-order valence-electron chi connectivity index (χ1n) is 3.74. The highest BCUT2D eigenvalue weighted by Crippen LogP contribution is 2.47. The second-order valence-corrected chi connectivity index (χ2v) is 3.13. The van der Waals surface area contributed by atoms with E-state index < -0.39 is 0 Å². The van der Waals surface area contributed by atoms with Crippen molar-refractivity contribution in [3.05, 3.63) is 18.0 Å². The molecule has 0 bridgehead atoms. The van der Waals surface area contributed by atoms with E-state index in [-0.39, 0.29) is 5.41 Å². The van der Waals surface area contributed by atoms with Crippen molar-refractivity contribution in [1.82, 2.24) is 9.78 Å². The van der Waals surface area contributed by atoms with Crippen LogP contribution in [0.2, 0.25) is 0 Å². The molecule has 1 aromatic heterocycles. The van der Waals surface area contributed by atoms with Crippen LogP contribution in [0.5, 0.6) is 0 Å². The summed E-state index contributed by atoms with van der Waals surface area (Å²) in [5.74, 6) is 2.83. The Labute approximate surface area is 66.2 Å². The predicted octanol–water partition coefficient (Wildman–Crippen LogP) is 1.08. The Kier molecular flexibility index (Phi) is 1.11. The van der Waals surface area contributed by atoms with Crippen LogP contribution < -0.4 is 0 Å². The maximum absolute atomic E-state index is 5.42. The van der Waals surface area contributed by atoms with Crippen molar-refractivity contribution in [3.63, 3.8) is 0 Å². The molecule has 0 aliphatic heterocycles. The molecular formula is C9H10N2. The highest BCUT2D eigenvalue weighted by atomic mass is 15.2. The smallest absolute Gasteiger partial charge is 0.0592 e. The highest BCUT2D eigenvalue weighted by Gasteiger charge is 2.43. The van der Waals surface area contributed by atoms with Gasteiger partial charge in [0.2, 0.25) is 0 Å². The Morgan fingerprint density at radius 2 is 2.45 bits per heavy atom. The zero-order valence-electron chi connectivity index (χ0n) is 6.54. The summed E-state index contributed by atoms with van der Waals surface area (Å²) in [5, 5.41) is 4.09. The van der Waals surface area contributed by atoms with E-state index >= 15 is 0 Å². The third-order valence-corrected chi connectivity index (χ3v) is 2.28. The van der Waals surface area contributed by atoms with Crippen molar-refractivity contribution in [2.45, 2.75) is 18.3 Å². The van der Waals surface area contributed by atoms with Crippen LogP contribution in [0.3, 0.4) is 0 Å². The van der Waals surface area contributed by atoms with Crippen LogP contribution in [0.4, 0.5) is 0 Å². The van der Waals surface area contributed by atoms with Crippen LogP contribution in [0.1, 0.15) is 18.4 Å². The number of rotatable bonds is 1. The van der Waals surface area contributed by atoms with Crippen molar-refractivity contribution >= 4 is 0 Å². The summed E-state index contributed by atoms with van der Waals surface area (Å²) in [4.78, 5) is 0. The van der Waals surface area contributed by atoms with E-state index in [1.807, 2.05) is 19.4 Å². The van der Waals surface area contributed by atoms with Crippen molar-refractivity contribution in [3.8, 4) is 12.3 Å². The molecule has 0 N–H and O–H groups in total. The van der Waals surface area contributed by atoms with Gasteiger partial charge >= 0.3 is 0 Å². The topological polar surface area (TPSA) is 17.8 Å². The fraction of sp³-hybridized carbons (Fsp3) is 0.444. The second-order valence-electron chi connectivity index (χ2n) is 3.13. The predicted molar refractivity (Wildman–Crippen MR) is 43.0 cm³/mol. The first-order valence-corrected chi connectivity index (χ1v) is 3.74. The summed E-state index contributed by atoms with van der Waals surface area (Å²) in [7, 11) is 1.91. The lowest BCUT2D eigenvalue weighted by molar-refractivity contribution is 0.765. The van der Waals surface area contributed by atoms with Crippen molar-refractivity contribution in [2.24, 2.45) is 7.05 Å². The Bertz CT molecular complexity index is 313. The van der Waals surface area contributed by atoms with Gasteiger partial charge in [-0.25, -0.2) is 0 Å². The summed E-state index contributed by atoms with van der Waals surface area (Å²) >= 11 is 0. The third-order valence-electron chi connectivity index (χ3n) is 2.28. The molecule has 0 saturated heterocycles. The molecule has 2 heteroatoms. The van der Waals surface area contributed by atoms with Crippen molar-refractivity contribution in [2.75, 3.05) is 0 Å². The lowest BCUT2D eigenvalue weighted by Crippen LogP contribution is -1.99. The lowest BCUT2D eigenvalue weighted by atomic mass is 10.0. The molecule has 1 aliphatic rings. The van der Waals surface area contributed by atoms with Crippen LogP contribution in [0, 0.1) is 12.3 Å². The van der Waals surface area contributed by atoms with Gasteiger partial charge in [0.25, 0.3) is 0 Å². The zero-order chi connectivity index (χ0) is 7.90. The molecule has 11 heavy (non-hydrogen) atoms. The molecule has 1 saturated carbocycles. The number of aromatic nitrogens is 2. The summed E-state index contributed by atoms with van der Waals surface area (Å²) in [5.41, 5.74) is 1.25. The van der Waals surface area contributed by atoms with Gasteiger partial charge in [0, 0.05) is 18.8 Å². The Morgan fingerprint density at radius 1 is 1.73 bits per heavy atom. The second kappa shape index (κ2) is 1.88. The van der Waals surface area contributed by atoms with Gasteiger partial charge in [0.05, 0.1) is 11.6 Å². The monoisotopic (exact) mass is 146 g/mol. The Morgan fingerprint density at radius 3 is 2.82 bits per heavy atom. The molecule has 2 rings (SSSR count). The number of terminal acetylenes is 1. The van der Waals surface area contributed by atoms with E-state index in [0.717, 1.165) is 12.8 Å². The minimum Gasteiger partial charge on any atom is -0.275 e. The van der Waals surface area contributed by atoms with Gasteiger partial charge in [-0.2, -0.15) is 5.10 Å². The van der Waals surface area contributed by atoms with E-state index in [9.17, 15) is 0 Å². The van der Waals surface area contributed by atoms with E-state index in [4.69, 9.17) is 6.42 Å². The van der Waals surface area contributed by atoms with Crippen molar-refractivity contribution < 1.29 is 0 Å². The zero-order valence-corrected chi connectivity index (χ0v) is 6.54. The standard InChI is InChI=1S/C9H10N2/c1-3-9(4-5-9)8-6-10-11(2)7-8/h1,6-7H,4-5H2,2H3. The molecular weight excluding hydrogens is 136 g/mol. The summed E-state index contributed by atoms with van der Waals surface area (Å²) < 4.78 is 1.80. The van der Waals surface area contributed by atoms with Gasteiger partial charge < -0.3 is 0 Å². The van der Waals surface area contributed by atoms with Gasteiger partial charge in [-0.1, -0.05) is 5.92 Å². The molecule has 1 fully saturated rings. The molecule has 0 radical (unpaired) electrons. The quantitative estimate of drug-likeness (QED) is 0.542. The lowest BCUT2D eigenvalue weighted by Gasteiger charge is -2.00. The van der Waals surface area contributed by atoms with E-state index in [2.05, 4.69) is 11.0 Å². The van der Waals surface area contributed by atoms with Crippen LogP contribution in [0.15, 0.2) is 12.4 Å². The van der Waals surface area contributed by atoms with Gasteiger partial charge in [0.15, 0.2) is 0 Å². The van der Waals surface area contributed by atoms with E-state index in [0.29, 0.717) is 0 Å². The molecule has 1 heterocycles. The molecule has 2 nitrogen and oxygen atoms in total. The number of hydrogen-bond acceptors (Lipinski definition) is 1. The Balaban J connectivity index is 2.38. The maximum atomic E-state index is 5.42. The van der Waals surface area contributed by atoms with Gasteiger partial charge in [-0.05, 0) is 12.8 Å². The van der Waals surface area contributed by atoms with E-state index in [1.54, 1.807) is 4.68 Å². The summed E-state index contributed by atoms with van der Waals surface area (Å²) in [6.45, 7) is 0. The van der Waals surface area contributed by atoms with Crippen LogP contribution in [-0.4, -0.2) is 9.78 Å². The largest absolute Gasteiger partial charge is 0.275 e. The van der Waals surface area contributed by atoms with Gasteiger partial charge in [0.1, 0.15) is 0 Å². The third kappa shape index (κ3) is 0.848. The summed E-state index contributed by atoms with van der Waals surface area (Å²) in [6.07, 6.45) is 11.5. The highest BCUT2D eigenvalue weighted by molar-refractivity contribution is 5.37. The average molecular weight is 146 g/mol. The maximum Gasteiger partial charge on any atom is 0.0592 e. The Hall–Kier alpha value is -1.23. The number of hydrogen-bond donors (Lipinski definition) is 0. The molecule has 0 atom stereocenters. The minimum atomic E-state index is 0.0499. The van der Waals surface area contributed by atoms with Crippen molar-refractivity contribution in [1.29, 1.82) is 0 Å². The molecule has 0 unspecified atom stereocenters. The molecule has 56 valence electrons. The fourth-order valence-electron chi connectivity index (χ4n) is 1.31. The average Bonchev–Trinajstić information content (AvgIpc) is 2.70. The number of nitrogens with zero attached hydrogens (tertiary/aromatic N) is 2. The first-order chi connectivity index (χ1) is 5.27. The molecule has 0 aromatic carbocycles. The van der Waals surface area contributed by atoms with Gasteiger partial charge in [-0.3, -0.25) is 4.68 Å². The van der Waals surface area contributed by atoms with Gasteiger partial charge in [-0.15, -0.1) is 6.42 Å². The van der Waals surface area contributed by atoms with E-state index in [1.165, 1.54) is 5.56 Å². The normalized spacial score (nSPS) is 19.3. The molecule has 1 aromatic rings. The first kappa shape index (κ1) is 6.48. The van der Waals surface area contributed by atoms with Crippen LogP contribution in [-0.2, 0) is 12.5 Å². The van der Waals surface area contributed by atoms with Crippen LogP contribution >= 0.6 is 0 Å². The molecule has 1 aliphatic carbocycles. The molecule has 0 spiro atoms. The SMILES string of the molecule is C#CC1(c2cnn(C)c2)CC1. The van der Waals surface area contributed by atoms with Crippen LogP contribution in [0.25, 0.3) is 0 Å².